The van der Waals surface area contributed by atoms with Gasteiger partial charge in [-0.05, 0) is 40.4 Å². The summed E-state index contributed by atoms with van der Waals surface area (Å²) >= 11 is 3.56. The second kappa shape index (κ2) is 6.80. The highest BCUT2D eigenvalue weighted by atomic mass is 79.9. The second-order valence-electron chi connectivity index (χ2n) is 6.07. The van der Waals surface area contributed by atoms with E-state index in [0.29, 0.717) is 10.2 Å². The minimum atomic E-state index is -0.0343. The number of pyridine rings is 1. The third-order valence-electron chi connectivity index (χ3n) is 4.55. The molecule has 2 aromatic heterocycles. The summed E-state index contributed by atoms with van der Waals surface area (Å²) < 4.78 is 0.709. The van der Waals surface area contributed by atoms with Crippen molar-refractivity contribution in [2.75, 3.05) is 6.54 Å². The highest BCUT2D eigenvalue weighted by molar-refractivity contribution is 9.10. The Morgan fingerprint density at radius 2 is 2.04 bits per heavy atom. The van der Waals surface area contributed by atoms with E-state index in [1.807, 2.05) is 53.6 Å². The lowest BCUT2D eigenvalue weighted by atomic mass is 10.1. The maximum atomic E-state index is 13.1. The number of aromatic amines is 1. The molecule has 1 aromatic carbocycles. The Bertz CT molecular complexity index is 879. The Hall–Kier alpha value is -2.47. The number of carbonyl (C=O) groups excluding carboxylic acids is 1. The molecule has 25 heavy (non-hydrogen) atoms. The minimum Gasteiger partial charge on any atom is -0.330 e. The normalized spacial score (nSPS) is 17.0. The molecule has 1 aliphatic rings. The number of H-pyrrole nitrogens is 1. The minimum absolute atomic E-state index is 0.0343. The quantitative estimate of drug-likeness (QED) is 0.720. The Morgan fingerprint density at radius 3 is 2.80 bits per heavy atom. The largest absolute Gasteiger partial charge is 0.330 e. The highest BCUT2D eigenvalue weighted by Crippen LogP contribution is 2.35. The van der Waals surface area contributed by atoms with Crippen LogP contribution in [0.4, 0.5) is 0 Å². The fourth-order valence-corrected chi connectivity index (χ4v) is 3.91. The van der Waals surface area contributed by atoms with E-state index >= 15 is 0 Å². The lowest BCUT2D eigenvalue weighted by molar-refractivity contribution is 0.0728. The number of hydrogen-bond acceptors (Lipinski definition) is 3. The van der Waals surface area contributed by atoms with Gasteiger partial charge in [0.2, 0.25) is 0 Å². The molecule has 1 unspecified atom stereocenters. The smallest absolute Gasteiger partial charge is 0.273 e. The van der Waals surface area contributed by atoms with Gasteiger partial charge < -0.3 is 4.90 Å². The van der Waals surface area contributed by atoms with Crippen molar-refractivity contribution in [3.05, 3.63) is 70.6 Å². The van der Waals surface area contributed by atoms with Crippen LogP contribution < -0.4 is 0 Å². The fraction of sp³-hybridized carbons (Fsp3) is 0.211. The lowest BCUT2D eigenvalue weighted by Crippen LogP contribution is -2.31. The summed E-state index contributed by atoms with van der Waals surface area (Å²) in [5.41, 5.74) is 3.29. The number of aromatic nitrogens is 3. The molecule has 1 aliphatic heterocycles. The van der Waals surface area contributed by atoms with Crippen molar-refractivity contribution in [2.24, 2.45) is 0 Å². The van der Waals surface area contributed by atoms with E-state index in [1.54, 1.807) is 6.20 Å². The standard InChI is InChI=1S/C19H17BrN4O/c20-16-17(13-6-2-1-3-7-13)22-23-18(16)19(25)24-11-5-9-15(24)14-8-4-10-21-12-14/h1-4,6-8,10,12,15H,5,9,11H2,(H,22,23). The molecule has 0 spiro atoms. The fourth-order valence-electron chi connectivity index (χ4n) is 3.33. The van der Waals surface area contributed by atoms with Crippen molar-refractivity contribution in [1.82, 2.24) is 20.1 Å². The number of halogens is 1. The molecule has 0 saturated carbocycles. The molecule has 1 saturated heterocycles. The van der Waals surface area contributed by atoms with E-state index in [0.717, 1.165) is 36.2 Å². The predicted molar refractivity (Wildman–Crippen MR) is 99.0 cm³/mol. The van der Waals surface area contributed by atoms with Gasteiger partial charge in [0.1, 0.15) is 11.4 Å². The third kappa shape index (κ3) is 2.98. The van der Waals surface area contributed by atoms with Crippen LogP contribution in [0, 0.1) is 0 Å². The Kier molecular flexibility index (Phi) is 4.36. The number of likely N-dealkylation sites (tertiary alicyclic amines) is 1. The van der Waals surface area contributed by atoms with Crippen LogP contribution >= 0.6 is 15.9 Å². The van der Waals surface area contributed by atoms with Gasteiger partial charge in [-0.15, -0.1) is 0 Å². The summed E-state index contributed by atoms with van der Waals surface area (Å²) in [5, 5.41) is 7.26. The van der Waals surface area contributed by atoms with E-state index in [1.165, 1.54) is 0 Å². The van der Waals surface area contributed by atoms with Gasteiger partial charge in [0.25, 0.3) is 5.91 Å². The van der Waals surface area contributed by atoms with Crippen LogP contribution in [0.5, 0.6) is 0 Å². The highest BCUT2D eigenvalue weighted by Gasteiger charge is 2.33. The van der Waals surface area contributed by atoms with Crippen LogP contribution in [0.2, 0.25) is 0 Å². The van der Waals surface area contributed by atoms with Crippen molar-refractivity contribution >= 4 is 21.8 Å². The van der Waals surface area contributed by atoms with Crippen LogP contribution in [-0.2, 0) is 0 Å². The first kappa shape index (κ1) is 16.0. The molecule has 0 aliphatic carbocycles. The average molecular weight is 397 g/mol. The zero-order chi connectivity index (χ0) is 17.2. The molecule has 0 radical (unpaired) electrons. The van der Waals surface area contributed by atoms with Crippen molar-refractivity contribution < 1.29 is 4.79 Å². The Labute approximate surface area is 154 Å². The molecule has 1 atom stereocenters. The van der Waals surface area contributed by atoms with Gasteiger partial charge in [-0.2, -0.15) is 5.10 Å². The molecule has 0 bridgehead atoms. The first-order valence-corrected chi connectivity index (χ1v) is 9.05. The maximum absolute atomic E-state index is 13.1. The summed E-state index contributed by atoms with van der Waals surface area (Å²) in [6.45, 7) is 0.741. The number of rotatable bonds is 3. The summed E-state index contributed by atoms with van der Waals surface area (Å²) in [6.07, 6.45) is 5.53. The topological polar surface area (TPSA) is 61.9 Å². The summed E-state index contributed by atoms with van der Waals surface area (Å²) in [5.74, 6) is -0.0343. The number of carbonyl (C=O) groups is 1. The van der Waals surface area contributed by atoms with Gasteiger partial charge >= 0.3 is 0 Å². The van der Waals surface area contributed by atoms with Gasteiger partial charge in [-0.3, -0.25) is 14.9 Å². The van der Waals surface area contributed by atoms with Gasteiger partial charge in [-0.1, -0.05) is 36.4 Å². The van der Waals surface area contributed by atoms with Gasteiger partial charge in [0, 0.05) is 24.5 Å². The zero-order valence-corrected chi connectivity index (χ0v) is 15.1. The molecule has 6 heteroatoms. The number of benzene rings is 1. The summed E-state index contributed by atoms with van der Waals surface area (Å²) in [6, 6.07) is 13.8. The van der Waals surface area contributed by atoms with Gasteiger partial charge in [0.05, 0.1) is 10.5 Å². The van der Waals surface area contributed by atoms with E-state index in [4.69, 9.17) is 0 Å². The lowest BCUT2D eigenvalue weighted by Gasteiger charge is -2.24. The van der Waals surface area contributed by atoms with Crippen molar-refractivity contribution in [3.63, 3.8) is 0 Å². The molecule has 4 rings (SSSR count). The summed E-state index contributed by atoms with van der Waals surface area (Å²) in [7, 11) is 0. The second-order valence-corrected chi connectivity index (χ2v) is 6.86. The Morgan fingerprint density at radius 1 is 1.20 bits per heavy atom. The van der Waals surface area contributed by atoms with E-state index in [-0.39, 0.29) is 11.9 Å². The molecule has 1 amide bonds. The molecular formula is C19H17BrN4O. The molecule has 3 heterocycles. The van der Waals surface area contributed by atoms with E-state index in [2.05, 4.69) is 31.1 Å². The monoisotopic (exact) mass is 396 g/mol. The molecule has 1 N–H and O–H groups in total. The van der Waals surface area contributed by atoms with Crippen LogP contribution in [0.25, 0.3) is 11.3 Å². The Balaban J connectivity index is 1.64. The third-order valence-corrected chi connectivity index (χ3v) is 5.32. The van der Waals surface area contributed by atoms with Crippen LogP contribution in [0.3, 0.4) is 0 Å². The van der Waals surface area contributed by atoms with E-state index < -0.39 is 0 Å². The number of nitrogens with zero attached hydrogens (tertiary/aromatic N) is 3. The number of amides is 1. The number of nitrogens with one attached hydrogen (secondary N) is 1. The van der Waals surface area contributed by atoms with Gasteiger partial charge in [0.15, 0.2) is 0 Å². The molecule has 3 aromatic rings. The van der Waals surface area contributed by atoms with E-state index in [9.17, 15) is 4.79 Å². The van der Waals surface area contributed by atoms with Crippen LogP contribution in [0.1, 0.15) is 34.9 Å². The van der Waals surface area contributed by atoms with Crippen molar-refractivity contribution in [2.45, 2.75) is 18.9 Å². The molecule has 1 fully saturated rings. The molecule has 126 valence electrons. The van der Waals surface area contributed by atoms with Crippen LogP contribution in [0.15, 0.2) is 59.3 Å². The first-order valence-electron chi connectivity index (χ1n) is 8.26. The van der Waals surface area contributed by atoms with Crippen molar-refractivity contribution in [1.29, 1.82) is 0 Å². The van der Waals surface area contributed by atoms with Crippen LogP contribution in [-0.4, -0.2) is 32.5 Å². The average Bonchev–Trinajstić information content (AvgIpc) is 3.29. The number of hydrogen-bond donors (Lipinski definition) is 1. The first-order chi connectivity index (χ1) is 12.3. The van der Waals surface area contributed by atoms with Crippen molar-refractivity contribution in [3.8, 4) is 11.3 Å². The maximum Gasteiger partial charge on any atom is 0.273 e. The zero-order valence-electron chi connectivity index (χ0n) is 13.5. The SMILES string of the molecule is O=C(c1[nH]nc(-c2ccccc2)c1Br)N1CCCC1c1cccnc1. The van der Waals surface area contributed by atoms with Gasteiger partial charge in [-0.25, -0.2) is 0 Å². The molecular weight excluding hydrogens is 380 g/mol. The summed E-state index contributed by atoms with van der Waals surface area (Å²) in [4.78, 5) is 19.2. The molecule has 5 nitrogen and oxygen atoms in total. The predicted octanol–water partition coefficient (Wildman–Crippen LogP) is 4.21.